The molecule has 3 nitrogen and oxygen atoms in total. The zero-order valence-electron chi connectivity index (χ0n) is 12.6. The molecule has 1 unspecified atom stereocenters. The van der Waals surface area contributed by atoms with Crippen LogP contribution >= 0.6 is 0 Å². The lowest BCUT2D eigenvalue weighted by molar-refractivity contribution is 0.120. The number of hydrogen-bond acceptors (Lipinski definition) is 3. The number of nitrogens with one attached hydrogen (secondary N) is 1. The highest BCUT2D eigenvalue weighted by molar-refractivity contribution is 4.97. The first-order chi connectivity index (χ1) is 9.16. The Hall–Kier alpha value is -0.800. The third-order valence-electron chi connectivity index (χ3n) is 4.46. The molecule has 3 heteroatoms. The van der Waals surface area contributed by atoms with Crippen molar-refractivity contribution in [2.45, 2.75) is 46.2 Å². The van der Waals surface area contributed by atoms with Gasteiger partial charge in [0.1, 0.15) is 5.76 Å². The maximum atomic E-state index is 5.33. The lowest BCUT2D eigenvalue weighted by Gasteiger charge is -2.37. The molecule has 1 aliphatic rings. The number of furan rings is 1. The van der Waals surface area contributed by atoms with Crippen molar-refractivity contribution in [2.24, 2.45) is 11.8 Å². The molecule has 1 fully saturated rings. The van der Waals surface area contributed by atoms with E-state index in [1.807, 2.05) is 12.1 Å². The van der Waals surface area contributed by atoms with Gasteiger partial charge in [-0.05, 0) is 56.8 Å². The molecular formula is C16H28N2O. The number of likely N-dealkylation sites (tertiary alicyclic amines) is 1. The van der Waals surface area contributed by atoms with Crippen molar-refractivity contribution in [1.82, 2.24) is 10.2 Å². The molecule has 1 aromatic rings. The van der Waals surface area contributed by atoms with E-state index in [1.165, 1.54) is 25.9 Å². The standard InChI is InChI=1S/C16H28N2O/c1-13(2)15-6-8-18(9-7-15)14(3)11-17-12-16-5-4-10-19-16/h4-5,10,13-15,17H,6-9,11-12H2,1-3H3. The van der Waals surface area contributed by atoms with Crippen LogP contribution < -0.4 is 5.32 Å². The normalized spacial score (nSPS) is 20.0. The van der Waals surface area contributed by atoms with Crippen LogP contribution in [-0.4, -0.2) is 30.6 Å². The van der Waals surface area contributed by atoms with Gasteiger partial charge >= 0.3 is 0 Å². The molecule has 0 aromatic carbocycles. The Morgan fingerprint density at radius 2 is 2.05 bits per heavy atom. The lowest BCUT2D eigenvalue weighted by Crippen LogP contribution is -2.45. The van der Waals surface area contributed by atoms with Gasteiger partial charge in [0.2, 0.25) is 0 Å². The molecule has 2 heterocycles. The summed E-state index contributed by atoms with van der Waals surface area (Å²) in [4.78, 5) is 2.62. The Kier molecular flexibility index (Phi) is 5.46. The van der Waals surface area contributed by atoms with Crippen LogP contribution in [0.1, 0.15) is 39.4 Å². The molecule has 1 aromatic heterocycles. The Morgan fingerprint density at radius 3 is 2.63 bits per heavy atom. The number of nitrogens with zero attached hydrogens (tertiary/aromatic N) is 1. The first kappa shape index (κ1) is 14.6. The van der Waals surface area contributed by atoms with Crippen LogP contribution in [0.3, 0.4) is 0 Å². The average molecular weight is 264 g/mol. The number of rotatable bonds is 6. The van der Waals surface area contributed by atoms with E-state index in [1.54, 1.807) is 6.26 Å². The van der Waals surface area contributed by atoms with Crippen LogP contribution in [-0.2, 0) is 6.54 Å². The van der Waals surface area contributed by atoms with Crippen LogP contribution in [0.5, 0.6) is 0 Å². The van der Waals surface area contributed by atoms with Gasteiger partial charge in [-0.25, -0.2) is 0 Å². The largest absolute Gasteiger partial charge is 0.468 e. The molecule has 108 valence electrons. The average Bonchev–Trinajstić information content (AvgIpc) is 2.92. The highest BCUT2D eigenvalue weighted by Crippen LogP contribution is 2.25. The van der Waals surface area contributed by atoms with E-state index >= 15 is 0 Å². The fourth-order valence-electron chi connectivity index (χ4n) is 2.97. The van der Waals surface area contributed by atoms with Gasteiger partial charge in [-0.15, -0.1) is 0 Å². The van der Waals surface area contributed by atoms with E-state index in [4.69, 9.17) is 4.42 Å². The van der Waals surface area contributed by atoms with Crippen molar-refractivity contribution in [1.29, 1.82) is 0 Å². The molecule has 0 bridgehead atoms. The molecule has 0 radical (unpaired) electrons. The smallest absolute Gasteiger partial charge is 0.117 e. The molecule has 1 N–H and O–H groups in total. The Bertz CT molecular complexity index is 340. The highest BCUT2D eigenvalue weighted by atomic mass is 16.3. The zero-order chi connectivity index (χ0) is 13.7. The summed E-state index contributed by atoms with van der Waals surface area (Å²) in [5.74, 6) is 2.79. The Labute approximate surface area is 117 Å². The van der Waals surface area contributed by atoms with E-state index in [2.05, 4.69) is 31.0 Å². The molecule has 0 spiro atoms. The first-order valence-corrected chi connectivity index (χ1v) is 7.64. The predicted octanol–water partition coefficient (Wildman–Crippen LogP) is 3.13. The quantitative estimate of drug-likeness (QED) is 0.855. The number of piperidine rings is 1. The van der Waals surface area contributed by atoms with Crippen LogP contribution in [0.15, 0.2) is 22.8 Å². The molecule has 1 aliphatic heterocycles. The van der Waals surface area contributed by atoms with Crippen LogP contribution in [0.2, 0.25) is 0 Å². The second-order valence-corrected chi connectivity index (χ2v) is 6.18. The summed E-state index contributed by atoms with van der Waals surface area (Å²) in [6.07, 6.45) is 4.46. The molecule has 19 heavy (non-hydrogen) atoms. The zero-order valence-corrected chi connectivity index (χ0v) is 12.6. The van der Waals surface area contributed by atoms with E-state index < -0.39 is 0 Å². The molecular weight excluding hydrogens is 236 g/mol. The SMILES string of the molecule is CC(C)C1CCN(C(C)CNCc2ccco2)CC1. The van der Waals surface area contributed by atoms with Gasteiger partial charge in [-0.3, -0.25) is 4.90 Å². The number of hydrogen-bond donors (Lipinski definition) is 1. The van der Waals surface area contributed by atoms with Crippen LogP contribution in [0.4, 0.5) is 0 Å². The van der Waals surface area contributed by atoms with Crippen molar-refractivity contribution in [2.75, 3.05) is 19.6 Å². The fraction of sp³-hybridized carbons (Fsp3) is 0.750. The predicted molar refractivity (Wildman–Crippen MR) is 79.0 cm³/mol. The fourth-order valence-corrected chi connectivity index (χ4v) is 2.97. The molecule has 0 saturated carbocycles. The van der Waals surface area contributed by atoms with Gasteiger partial charge < -0.3 is 9.73 Å². The maximum absolute atomic E-state index is 5.33. The summed E-state index contributed by atoms with van der Waals surface area (Å²) < 4.78 is 5.33. The monoisotopic (exact) mass is 264 g/mol. The van der Waals surface area contributed by atoms with Crippen molar-refractivity contribution in [3.8, 4) is 0 Å². The molecule has 1 saturated heterocycles. The van der Waals surface area contributed by atoms with Crippen molar-refractivity contribution < 1.29 is 4.42 Å². The van der Waals surface area contributed by atoms with Gasteiger partial charge in [0.15, 0.2) is 0 Å². The minimum Gasteiger partial charge on any atom is -0.468 e. The van der Waals surface area contributed by atoms with E-state index in [-0.39, 0.29) is 0 Å². The van der Waals surface area contributed by atoms with Gasteiger partial charge in [-0.1, -0.05) is 13.8 Å². The second-order valence-electron chi connectivity index (χ2n) is 6.18. The van der Waals surface area contributed by atoms with Crippen LogP contribution in [0, 0.1) is 11.8 Å². The van der Waals surface area contributed by atoms with Gasteiger partial charge in [0, 0.05) is 12.6 Å². The van der Waals surface area contributed by atoms with E-state index in [9.17, 15) is 0 Å². The third-order valence-corrected chi connectivity index (χ3v) is 4.46. The summed E-state index contributed by atoms with van der Waals surface area (Å²) in [7, 11) is 0. The lowest BCUT2D eigenvalue weighted by atomic mass is 9.86. The van der Waals surface area contributed by atoms with Crippen molar-refractivity contribution in [3.05, 3.63) is 24.2 Å². The summed E-state index contributed by atoms with van der Waals surface area (Å²) in [5.41, 5.74) is 0. The topological polar surface area (TPSA) is 28.4 Å². The highest BCUT2D eigenvalue weighted by Gasteiger charge is 2.24. The molecule has 1 atom stereocenters. The molecule has 0 aliphatic carbocycles. The van der Waals surface area contributed by atoms with Crippen molar-refractivity contribution >= 4 is 0 Å². The minimum absolute atomic E-state index is 0.614. The first-order valence-electron chi connectivity index (χ1n) is 7.64. The van der Waals surface area contributed by atoms with Crippen LogP contribution in [0.25, 0.3) is 0 Å². The third kappa shape index (κ3) is 4.36. The van der Waals surface area contributed by atoms with Gasteiger partial charge in [-0.2, -0.15) is 0 Å². The van der Waals surface area contributed by atoms with Gasteiger partial charge in [0.05, 0.1) is 12.8 Å². The minimum atomic E-state index is 0.614. The molecule has 0 amide bonds. The van der Waals surface area contributed by atoms with E-state index in [0.29, 0.717) is 6.04 Å². The Balaban J connectivity index is 1.65. The van der Waals surface area contributed by atoms with E-state index in [0.717, 1.165) is 30.7 Å². The van der Waals surface area contributed by atoms with Crippen molar-refractivity contribution in [3.63, 3.8) is 0 Å². The second kappa shape index (κ2) is 7.11. The summed E-state index contributed by atoms with van der Waals surface area (Å²) in [6.45, 7) is 11.4. The summed E-state index contributed by atoms with van der Waals surface area (Å²) >= 11 is 0. The molecule has 2 rings (SSSR count). The van der Waals surface area contributed by atoms with Gasteiger partial charge in [0.25, 0.3) is 0 Å². The Morgan fingerprint density at radius 1 is 1.32 bits per heavy atom. The summed E-state index contributed by atoms with van der Waals surface area (Å²) in [5, 5.41) is 3.48. The maximum Gasteiger partial charge on any atom is 0.117 e. The summed E-state index contributed by atoms with van der Waals surface area (Å²) in [6, 6.07) is 4.58.